The van der Waals surface area contributed by atoms with Gasteiger partial charge in [0.1, 0.15) is 5.75 Å². The molecule has 1 saturated heterocycles. The van der Waals surface area contributed by atoms with E-state index in [1.54, 1.807) is 4.68 Å². The molecule has 1 amide bonds. The zero-order valence-corrected chi connectivity index (χ0v) is 17.9. The number of nitrogens with one attached hydrogen (secondary N) is 1. The van der Waals surface area contributed by atoms with E-state index in [9.17, 15) is 13.2 Å². The van der Waals surface area contributed by atoms with Gasteiger partial charge in [0.15, 0.2) is 16.4 Å². The van der Waals surface area contributed by atoms with E-state index in [1.165, 1.54) is 6.21 Å². The van der Waals surface area contributed by atoms with Crippen LogP contribution in [0.2, 0.25) is 0 Å². The molecule has 156 valence electrons. The monoisotopic (exact) mass is 418 g/mol. The lowest BCUT2D eigenvalue weighted by Gasteiger charge is -2.11. The Kier molecular flexibility index (Phi) is 6.07. The number of ether oxygens (including phenoxy) is 1. The van der Waals surface area contributed by atoms with Gasteiger partial charge in [-0.3, -0.25) is 9.48 Å². The van der Waals surface area contributed by atoms with Crippen LogP contribution in [0.3, 0.4) is 0 Å². The van der Waals surface area contributed by atoms with Crippen molar-refractivity contribution < 1.29 is 17.9 Å². The van der Waals surface area contributed by atoms with Gasteiger partial charge in [-0.1, -0.05) is 18.2 Å². The number of hydrazone groups is 1. The average Bonchev–Trinajstić information content (AvgIpc) is 3.14. The van der Waals surface area contributed by atoms with Crippen molar-refractivity contribution in [1.29, 1.82) is 0 Å². The molecule has 1 aliphatic heterocycles. The van der Waals surface area contributed by atoms with E-state index in [0.29, 0.717) is 12.2 Å². The van der Waals surface area contributed by atoms with Crippen LogP contribution < -0.4 is 10.2 Å². The van der Waals surface area contributed by atoms with Crippen LogP contribution in [-0.4, -0.2) is 48.4 Å². The quantitative estimate of drug-likeness (QED) is 0.571. The minimum absolute atomic E-state index is 0.109. The topological polar surface area (TPSA) is 103 Å². The predicted molar refractivity (Wildman–Crippen MR) is 111 cm³/mol. The van der Waals surface area contributed by atoms with Crippen LogP contribution >= 0.6 is 0 Å². The summed E-state index contributed by atoms with van der Waals surface area (Å²) >= 11 is 0. The van der Waals surface area contributed by atoms with E-state index in [0.717, 1.165) is 28.1 Å². The van der Waals surface area contributed by atoms with E-state index in [4.69, 9.17) is 4.74 Å². The molecule has 1 fully saturated rings. The Morgan fingerprint density at radius 2 is 2.00 bits per heavy atom. The number of rotatable bonds is 6. The molecular formula is C20H26N4O4S. The first-order valence-electron chi connectivity index (χ1n) is 9.45. The predicted octanol–water partition coefficient (Wildman–Crippen LogP) is 2.01. The summed E-state index contributed by atoms with van der Waals surface area (Å²) in [5, 5.41) is 8.49. The number of amides is 1. The van der Waals surface area contributed by atoms with Gasteiger partial charge in [-0.05, 0) is 45.2 Å². The zero-order chi connectivity index (χ0) is 21.2. The summed E-state index contributed by atoms with van der Waals surface area (Å²) in [6.45, 7) is 7.42. The Balaban J connectivity index is 1.61. The second-order valence-corrected chi connectivity index (χ2v) is 9.62. The molecule has 1 atom stereocenters. The summed E-state index contributed by atoms with van der Waals surface area (Å²) < 4.78 is 30.9. The fourth-order valence-electron chi connectivity index (χ4n) is 3.55. The van der Waals surface area contributed by atoms with Gasteiger partial charge < -0.3 is 4.74 Å². The molecule has 0 unspecified atom stereocenters. The van der Waals surface area contributed by atoms with Crippen LogP contribution in [0.25, 0.3) is 0 Å². The van der Waals surface area contributed by atoms with Gasteiger partial charge in [-0.25, -0.2) is 13.8 Å². The molecule has 1 aromatic carbocycles. The van der Waals surface area contributed by atoms with Gasteiger partial charge in [0, 0.05) is 11.3 Å². The number of aromatic nitrogens is 2. The molecule has 0 aliphatic carbocycles. The Bertz CT molecular complexity index is 1040. The molecule has 0 saturated carbocycles. The molecule has 1 N–H and O–H groups in total. The molecule has 1 aromatic heterocycles. The molecule has 0 bridgehead atoms. The lowest BCUT2D eigenvalue weighted by molar-refractivity contribution is -0.123. The first-order valence-corrected chi connectivity index (χ1v) is 11.3. The number of hydrogen-bond donors (Lipinski definition) is 1. The highest BCUT2D eigenvalue weighted by atomic mass is 32.2. The molecule has 8 nitrogen and oxygen atoms in total. The first kappa shape index (κ1) is 21.0. The standard InChI is InChI=1S/C20H26N4O4S/c1-13-6-5-7-14(2)20(13)28-11-19(25)22-21-10-18-15(3)23-24(16(18)4)17-8-9-29(26,27)12-17/h5-7,10,17H,8-9,11-12H2,1-4H3,(H,22,25)/b21-10-/t17-/m1/s1. The van der Waals surface area contributed by atoms with Gasteiger partial charge in [-0.2, -0.15) is 10.2 Å². The molecule has 29 heavy (non-hydrogen) atoms. The zero-order valence-electron chi connectivity index (χ0n) is 17.1. The third-order valence-electron chi connectivity index (χ3n) is 5.07. The highest BCUT2D eigenvalue weighted by Gasteiger charge is 2.31. The van der Waals surface area contributed by atoms with Gasteiger partial charge >= 0.3 is 0 Å². The fourth-order valence-corrected chi connectivity index (χ4v) is 5.24. The Hall–Kier alpha value is -2.68. The molecule has 0 spiro atoms. The number of aryl methyl sites for hydroxylation is 3. The lowest BCUT2D eigenvalue weighted by atomic mass is 10.1. The van der Waals surface area contributed by atoms with Gasteiger partial charge in [0.2, 0.25) is 0 Å². The molecular weight excluding hydrogens is 392 g/mol. The highest BCUT2D eigenvalue weighted by Crippen LogP contribution is 2.26. The molecule has 0 radical (unpaired) electrons. The van der Waals surface area contributed by atoms with E-state index in [1.807, 2.05) is 45.9 Å². The maximum Gasteiger partial charge on any atom is 0.277 e. The van der Waals surface area contributed by atoms with E-state index in [2.05, 4.69) is 15.6 Å². The van der Waals surface area contributed by atoms with Crippen LogP contribution in [0.15, 0.2) is 23.3 Å². The third-order valence-corrected chi connectivity index (χ3v) is 6.82. The summed E-state index contributed by atoms with van der Waals surface area (Å²) in [6.07, 6.45) is 2.10. The average molecular weight is 419 g/mol. The molecule has 3 rings (SSSR count). The van der Waals surface area contributed by atoms with Crippen molar-refractivity contribution in [2.75, 3.05) is 18.1 Å². The lowest BCUT2D eigenvalue weighted by Crippen LogP contribution is -2.25. The van der Waals surface area contributed by atoms with Crippen LogP contribution in [0, 0.1) is 27.7 Å². The molecule has 2 aromatic rings. The number of sulfone groups is 1. The van der Waals surface area contributed by atoms with Crippen molar-refractivity contribution in [3.05, 3.63) is 46.3 Å². The summed E-state index contributed by atoms with van der Waals surface area (Å²) in [4.78, 5) is 12.0. The number of hydrogen-bond acceptors (Lipinski definition) is 6. The van der Waals surface area contributed by atoms with Crippen LogP contribution in [0.5, 0.6) is 5.75 Å². The Labute approximate surface area is 170 Å². The van der Waals surface area contributed by atoms with Crippen LogP contribution in [0.4, 0.5) is 0 Å². The highest BCUT2D eigenvalue weighted by molar-refractivity contribution is 7.91. The van der Waals surface area contributed by atoms with Crippen molar-refractivity contribution in [2.45, 2.75) is 40.2 Å². The second kappa shape index (κ2) is 8.36. The Morgan fingerprint density at radius 3 is 2.62 bits per heavy atom. The number of nitrogens with zero attached hydrogens (tertiary/aromatic N) is 3. The van der Waals surface area contributed by atoms with Crippen molar-refractivity contribution in [2.24, 2.45) is 5.10 Å². The minimum atomic E-state index is -2.99. The normalized spacial score (nSPS) is 18.3. The van der Waals surface area contributed by atoms with Crippen molar-refractivity contribution in [3.8, 4) is 5.75 Å². The summed E-state index contributed by atoms with van der Waals surface area (Å²) in [5.74, 6) is 0.632. The Morgan fingerprint density at radius 1 is 1.31 bits per heavy atom. The number of carbonyl (C=O) groups is 1. The molecule has 9 heteroatoms. The van der Waals surface area contributed by atoms with Gasteiger partial charge in [0.05, 0.1) is 29.5 Å². The minimum Gasteiger partial charge on any atom is -0.483 e. The summed E-state index contributed by atoms with van der Waals surface area (Å²) in [5.41, 5.74) is 6.72. The number of para-hydroxylation sites is 1. The molecule has 1 aliphatic rings. The number of benzene rings is 1. The second-order valence-electron chi connectivity index (χ2n) is 7.39. The van der Waals surface area contributed by atoms with Crippen molar-refractivity contribution >= 4 is 22.0 Å². The summed E-state index contributed by atoms with van der Waals surface area (Å²) in [7, 11) is -2.99. The van der Waals surface area contributed by atoms with Crippen LogP contribution in [-0.2, 0) is 14.6 Å². The maximum absolute atomic E-state index is 12.0. The fraction of sp³-hybridized carbons (Fsp3) is 0.450. The van der Waals surface area contributed by atoms with E-state index in [-0.39, 0.29) is 30.1 Å². The first-order chi connectivity index (χ1) is 13.7. The van der Waals surface area contributed by atoms with E-state index >= 15 is 0 Å². The van der Waals surface area contributed by atoms with E-state index < -0.39 is 9.84 Å². The van der Waals surface area contributed by atoms with Gasteiger partial charge in [0.25, 0.3) is 5.91 Å². The smallest absolute Gasteiger partial charge is 0.277 e. The maximum atomic E-state index is 12.0. The third kappa shape index (κ3) is 4.84. The van der Waals surface area contributed by atoms with Crippen molar-refractivity contribution in [3.63, 3.8) is 0 Å². The summed E-state index contributed by atoms with van der Waals surface area (Å²) in [6, 6.07) is 5.64. The van der Waals surface area contributed by atoms with Gasteiger partial charge in [-0.15, -0.1) is 0 Å². The van der Waals surface area contributed by atoms with Crippen LogP contribution in [0.1, 0.15) is 40.5 Å². The van der Waals surface area contributed by atoms with Crippen molar-refractivity contribution in [1.82, 2.24) is 15.2 Å². The number of carbonyl (C=O) groups excluding carboxylic acids is 1. The largest absolute Gasteiger partial charge is 0.483 e. The SMILES string of the molecule is Cc1cccc(C)c1OCC(=O)N/N=C\c1c(C)nn([C@@H]2CCS(=O)(=O)C2)c1C. The molecule has 2 heterocycles.